The van der Waals surface area contributed by atoms with Gasteiger partial charge in [0.2, 0.25) is 0 Å². The Morgan fingerprint density at radius 3 is 1.54 bits per heavy atom. The first kappa shape index (κ1) is 35.8. The van der Waals surface area contributed by atoms with Crippen LogP contribution < -0.4 is 9.47 Å². The quantitative estimate of drug-likeness (QED) is 0.140. The molecule has 4 nitrogen and oxygen atoms in total. The normalized spacial score (nSPS) is 11.6. The maximum atomic E-state index is 13.4. The number of hydrogen-bond donors (Lipinski definition) is 1. The molecule has 10 heteroatoms. The summed E-state index contributed by atoms with van der Waals surface area (Å²) < 4.78 is 91.8. The van der Waals surface area contributed by atoms with Gasteiger partial charge in [-0.3, -0.25) is 0 Å². The molecule has 258 valence electrons. The third kappa shape index (κ3) is 8.74. The van der Waals surface area contributed by atoms with Gasteiger partial charge >= 0.3 is 18.3 Å². The maximum absolute atomic E-state index is 13.4. The second-order valence-corrected chi connectivity index (χ2v) is 11.5. The third-order valence-corrected chi connectivity index (χ3v) is 8.08. The van der Waals surface area contributed by atoms with Crippen molar-refractivity contribution in [2.75, 3.05) is 13.2 Å². The van der Waals surface area contributed by atoms with Crippen LogP contribution in [0.2, 0.25) is 0 Å². The van der Waals surface area contributed by atoms with E-state index in [2.05, 4.69) is 0 Å². The van der Waals surface area contributed by atoms with E-state index in [1.165, 1.54) is 12.1 Å². The zero-order valence-electron chi connectivity index (χ0n) is 27.0. The average Bonchev–Trinajstić information content (AvgIpc) is 3.09. The van der Waals surface area contributed by atoms with Crippen LogP contribution in [-0.4, -0.2) is 24.3 Å². The second-order valence-electron chi connectivity index (χ2n) is 11.5. The van der Waals surface area contributed by atoms with Gasteiger partial charge in [-0.15, -0.1) is 0 Å². The number of benzene rings is 5. The molecule has 50 heavy (non-hydrogen) atoms. The highest BCUT2D eigenvalue weighted by Crippen LogP contribution is 2.36. The Bertz CT molecular complexity index is 1890. The Hall–Kier alpha value is -5.51. The highest BCUT2D eigenvalue weighted by Gasteiger charge is 2.31. The van der Waals surface area contributed by atoms with Gasteiger partial charge in [-0.05, 0) is 106 Å². The summed E-state index contributed by atoms with van der Waals surface area (Å²) in [5.74, 6) is -0.163. The Morgan fingerprint density at radius 2 is 1.12 bits per heavy atom. The number of hydrogen-bond acceptors (Lipinski definition) is 3. The zero-order valence-corrected chi connectivity index (χ0v) is 27.0. The molecule has 0 aliphatic carbocycles. The van der Waals surface area contributed by atoms with Crippen molar-refractivity contribution in [1.82, 2.24) is 0 Å². The SMILES string of the molecule is CCC(COc1ccc(OCC(=O)O)c(C)c1)=C(c1ccc(-c2cccc(C(F)(F)F)c2)cc1)c1ccc(-c2cccc(C(F)(F)F)c2)cc1. The molecule has 0 heterocycles. The van der Waals surface area contributed by atoms with Gasteiger partial charge in [-0.25, -0.2) is 4.79 Å². The number of rotatable bonds is 11. The third-order valence-electron chi connectivity index (χ3n) is 8.08. The number of aryl methyl sites for hydroxylation is 1. The molecule has 0 aromatic heterocycles. The molecule has 0 aliphatic heterocycles. The Kier molecular flexibility index (Phi) is 10.7. The summed E-state index contributed by atoms with van der Waals surface area (Å²) in [5.41, 5.74) is 4.41. The van der Waals surface area contributed by atoms with E-state index in [-0.39, 0.29) is 6.61 Å². The van der Waals surface area contributed by atoms with Crippen LogP contribution in [0, 0.1) is 6.92 Å². The maximum Gasteiger partial charge on any atom is 0.416 e. The lowest BCUT2D eigenvalue weighted by molar-refractivity contribution is -0.139. The predicted molar refractivity (Wildman–Crippen MR) is 180 cm³/mol. The topological polar surface area (TPSA) is 55.8 Å². The molecule has 0 radical (unpaired) electrons. The van der Waals surface area contributed by atoms with E-state index in [9.17, 15) is 31.1 Å². The molecule has 0 bridgehead atoms. The summed E-state index contributed by atoms with van der Waals surface area (Å²) in [5, 5.41) is 8.92. The fourth-order valence-electron chi connectivity index (χ4n) is 5.52. The molecule has 0 fully saturated rings. The molecule has 0 amide bonds. The fraction of sp³-hybridized carbons (Fsp3) is 0.175. The van der Waals surface area contributed by atoms with Gasteiger partial charge in [0, 0.05) is 0 Å². The lowest BCUT2D eigenvalue weighted by atomic mass is 9.89. The molecule has 0 aliphatic rings. The summed E-state index contributed by atoms with van der Waals surface area (Å²) in [6.07, 6.45) is -8.40. The largest absolute Gasteiger partial charge is 0.489 e. The minimum Gasteiger partial charge on any atom is -0.489 e. The Balaban J connectivity index is 1.51. The zero-order chi connectivity index (χ0) is 36.1. The van der Waals surface area contributed by atoms with E-state index in [0.29, 0.717) is 45.7 Å². The average molecular weight is 691 g/mol. The molecule has 0 saturated heterocycles. The lowest BCUT2D eigenvalue weighted by Gasteiger charge is -2.18. The molecule has 5 aromatic carbocycles. The fourth-order valence-corrected chi connectivity index (χ4v) is 5.52. The molecule has 5 aromatic rings. The van der Waals surface area contributed by atoms with Crippen molar-refractivity contribution in [2.45, 2.75) is 32.6 Å². The van der Waals surface area contributed by atoms with Gasteiger partial charge in [-0.2, -0.15) is 26.3 Å². The van der Waals surface area contributed by atoms with Crippen molar-refractivity contribution in [3.8, 4) is 33.8 Å². The van der Waals surface area contributed by atoms with Gasteiger partial charge in [0.1, 0.15) is 18.1 Å². The number of ether oxygens (including phenoxy) is 2. The van der Waals surface area contributed by atoms with Gasteiger partial charge < -0.3 is 14.6 Å². The van der Waals surface area contributed by atoms with Crippen molar-refractivity contribution in [2.24, 2.45) is 0 Å². The minimum atomic E-state index is -4.48. The van der Waals surface area contributed by atoms with Crippen LogP contribution >= 0.6 is 0 Å². The van der Waals surface area contributed by atoms with Gasteiger partial charge in [-0.1, -0.05) is 79.7 Å². The van der Waals surface area contributed by atoms with Gasteiger partial charge in [0.15, 0.2) is 6.61 Å². The Morgan fingerprint density at radius 1 is 0.620 bits per heavy atom. The van der Waals surface area contributed by atoms with E-state index < -0.39 is 36.1 Å². The smallest absolute Gasteiger partial charge is 0.416 e. The molecule has 1 N–H and O–H groups in total. The van der Waals surface area contributed by atoms with Crippen LogP contribution in [0.15, 0.2) is 121 Å². The first-order chi connectivity index (χ1) is 23.7. The van der Waals surface area contributed by atoms with Gasteiger partial charge in [0.05, 0.1) is 11.1 Å². The lowest BCUT2D eigenvalue weighted by Crippen LogP contribution is -2.10. The van der Waals surface area contributed by atoms with Crippen molar-refractivity contribution in [3.05, 3.63) is 149 Å². The highest BCUT2D eigenvalue weighted by atomic mass is 19.4. The monoisotopic (exact) mass is 690 g/mol. The van der Waals surface area contributed by atoms with Crippen LogP contribution in [0.1, 0.15) is 41.2 Å². The van der Waals surface area contributed by atoms with Crippen molar-refractivity contribution < 1.29 is 45.7 Å². The number of halogens is 6. The number of alkyl halides is 6. The van der Waals surface area contributed by atoms with E-state index in [4.69, 9.17) is 14.6 Å². The van der Waals surface area contributed by atoms with E-state index in [1.54, 1.807) is 61.5 Å². The number of carbonyl (C=O) groups is 1. The summed E-state index contributed by atoms with van der Waals surface area (Å²) >= 11 is 0. The first-order valence-electron chi connectivity index (χ1n) is 15.6. The summed E-state index contributed by atoms with van der Waals surface area (Å²) in [4.78, 5) is 10.9. The first-order valence-corrected chi connectivity index (χ1v) is 15.6. The van der Waals surface area contributed by atoms with Crippen molar-refractivity contribution in [3.63, 3.8) is 0 Å². The van der Waals surface area contributed by atoms with Crippen LogP contribution in [-0.2, 0) is 17.1 Å². The predicted octanol–water partition coefficient (Wildman–Crippen LogP) is 11.1. The van der Waals surface area contributed by atoms with E-state index in [1.807, 2.05) is 31.2 Å². The van der Waals surface area contributed by atoms with Crippen LogP contribution in [0.5, 0.6) is 11.5 Å². The van der Waals surface area contributed by atoms with E-state index in [0.717, 1.165) is 46.5 Å². The molecule has 0 saturated carbocycles. The Labute approximate surface area is 285 Å². The molecule has 0 unspecified atom stereocenters. The summed E-state index contributed by atoms with van der Waals surface area (Å²) in [6, 6.07) is 29.5. The standard InChI is InChI=1S/C40H32F6O4/c1-3-26(23-49-35-18-19-36(25(2)20-35)50-24-37(47)48)38(29-14-10-27(11-15-29)31-6-4-8-33(21-31)39(41,42)43)30-16-12-28(13-17-30)32-7-5-9-34(22-32)40(44,45)46/h4-22H,3,23-24H2,1-2H3,(H,47,48). The number of carboxylic acid groups (broad SMARTS) is 1. The second kappa shape index (κ2) is 14.9. The highest BCUT2D eigenvalue weighted by molar-refractivity contribution is 5.84. The molecular weight excluding hydrogens is 658 g/mol. The van der Waals surface area contributed by atoms with Crippen molar-refractivity contribution >= 4 is 11.5 Å². The molecular formula is C40H32F6O4. The minimum absolute atomic E-state index is 0.158. The summed E-state index contributed by atoms with van der Waals surface area (Å²) in [6.45, 7) is 3.41. The van der Waals surface area contributed by atoms with Crippen LogP contribution in [0.4, 0.5) is 26.3 Å². The van der Waals surface area contributed by atoms with Crippen molar-refractivity contribution in [1.29, 1.82) is 0 Å². The molecule has 0 spiro atoms. The number of aliphatic carboxylic acids is 1. The number of carboxylic acids is 1. The summed E-state index contributed by atoms with van der Waals surface area (Å²) in [7, 11) is 0. The van der Waals surface area contributed by atoms with E-state index >= 15 is 0 Å². The van der Waals surface area contributed by atoms with Crippen LogP contribution in [0.3, 0.4) is 0 Å². The molecule has 0 atom stereocenters. The molecule has 5 rings (SSSR count). The van der Waals surface area contributed by atoms with Crippen LogP contribution in [0.25, 0.3) is 27.8 Å². The van der Waals surface area contributed by atoms with Gasteiger partial charge in [0.25, 0.3) is 0 Å².